The monoisotopic (exact) mass is 255 g/mol. The molecule has 1 aliphatic rings. The van der Waals surface area contributed by atoms with E-state index in [9.17, 15) is 9.59 Å². The molecule has 1 aromatic heterocycles. The van der Waals surface area contributed by atoms with Crippen molar-refractivity contribution in [1.29, 1.82) is 0 Å². The first-order valence-corrected chi connectivity index (χ1v) is 5.99. The lowest BCUT2D eigenvalue weighted by Gasteiger charge is -2.13. The van der Waals surface area contributed by atoms with Crippen LogP contribution in [0.5, 0.6) is 0 Å². The molecule has 0 fully saturated rings. The molecule has 0 bridgehead atoms. The SMILES string of the molecule is CCC(C)Cn1c2c(c(=O)[nH]c1=O)CC(Cl)=N2. The van der Waals surface area contributed by atoms with Crippen LogP contribution in [-0.2, 0) is 13.0 Å². The number of rotatable bonds is 3. The fourth-order valence-corrected chi connectivity index (χ4v) is 2.01. The van der Waals surface area contributed by atoms with Crippen molar-refractivity contribution in [2.45, 2.75) is 33.2 Å². The highest BCUT2D eigenvalue weighted by atomic mass is 35.5. The largest absolute Gasteiger partial charge is 0.329 e. The minimum atomic E-state index is -0.413. The first-order chi connectivity index (χ1) is 8.02. The normalized spacial score (nSPS) is 15.6. The van der Waals surface area contributed by atoms with E-state index in [0.717, 1.165) is 6.42 Å². The third-order valence-corrected chi connectivity index (χ3v) is 3.22. The van der Waals surface area contributed by atoms with Gasteiger partial charge in [-0.1, -0.05) is 31.9 Å². The van der Waals surface area contributed by atoms with Crippen molar-refractivity contribution in [2.24, 2.45) is 10.9 Å². The standard InChI is InChI=1S/C11H14ClN3O2/c1-3-6(2)5-15-9-7(4-8(12)13-9)10(16)14-11(15)17/h6H,3-5H2,1-2H3,(H,14,16,17). The maximum atomic E-state index is 11.8. The molecule has 17 heavy (non-hydrogen) atoms. The number of aromatic amines is 1. The molecule has 1 atom stereocenters. The Bertz CT molecular complexity index is 585. The van der Waals surface area contributed by atoms with E-state index in [2.05, 4.69) is 16.9 Å². The summed E-state index contributed by atoms with van der Waals surface area (Å²) in [4.78, 5) is 29.7. The summed E-state index contributed by atoms with van der Waals surface area (Å²) < 4.78 is 1.50. The molecule has 0 aromatic carbocycles. The predicted molar refractivity (Wildman–Crippen MR) is 67.4 cm³/mol. The van der Waals surface area contributed by atoms with E-state index in [0.29, 0.717) is 35.4 Å². The Hall–Kier alpha value is -1.36. The summed E-state index contributed by atoms with van der Waals surface area (Å²) in [7, 11) is 0. The minimum absolute atomic E-state index is 0.313. The van der Waals surface area contributed by atoms with Crippen LogP contribution in [0.15, 0.2) is 14.6 Å². The van der Waals surface area contributed by atoms with E-state index in [1.807, 2.05) is 6.92 Å². The molecule has 0 amide bonds. The van der Waals surface area contributed by atoms with Crippen molar-refractivity contribution >= 4 is 22.6 Å². The highest BCUT2D eigenvalue weighted by Crippen LogP contribution is 2.24. The van der Waals surface area contributed by atoms with Crippen LogP contribution >= 0.6 is 11.6 Å². The van der Waals surface area contributed by atoms with Crippen LogP contribution in [0.3, 0.4) is 0 Å². The van der Waals surface area contributed by atoms with Crippen molar-refractivity contribution in [2.75, 3.05) is 0 Å². The van der Waals surface area contributed by atoms with Gasteiger partial charge in [0.1, 0.15) is 11.0 Å². The lowest BCUT2D eigenvalue weighted by molar-refractivity contribution is 0.456. The molecule has 5 nitrogen and oxygen atoms in total. The lowest BCUT2D eigenvalue weighted by atomic mass is 10.1. The zero-order chi connectivity index (χ0) is 12.6. The van der Waals surface area contributed by atoms with Crippen LogP contribution in [0, 0.1) is 5.92 Å². The smallest absolute Gasteiger partial charge is 0.277 e. The number of hydrogen-bond acceptors (Lipinski definition) is 3. The zero-order valence-corrected chi connectivity index (χ0v) is 10.5. The Kier molecular flexibility index (Phi) is 3.19. The fraction of sp³-hybridized carbons (Fsp3) is 0.545. The molecule has 2 rings (SSSR count). The van der Waals surface area contributed by atoms with Crippen molar-refractivity contribution in [3.63, 3.8) is 0 Å². The van der Waals surface area contributed by atoms with Gasteiger partial charge in [0.05, 0.1) is 5.56 Å². The summed E-state index contributed by atoms with van der Waals surface area (Å²) in [6, 6.07) is 0. The molecule has 6 heteroatoms. The predicted octanol–water partition coefficient (Wildman–Crippen LogP) is 1.41. The quantitative estimate of drug-likeness (QED) is 0.887. The molecule has 0 saturated heterocycles. The molecule has 0 radical (unpaired) electrons. The number of hydrogen-bond donors (Lipinski definition) is 1. The number of nitrogens with one attached hydrogen (secondary N) is 1. The number of halogens is 1. The highest BCUT2D eigenvalue weighted by Gasteiger charge is 2.22. The topological polar surface area (TPSA) is 67.2 Å². The minimum Gasteiger partial charge on any atom is -0.277 e. The Morgan fingerprint density at radius 2 is 2.24 bits per heavy atom. The summed E-state index contributed by atoms with van der Waals surface area (Å²) in [5.41, 5.74) is -0.313. The second kappa shape index (κ2) is 4.49. The van der Waals surface area contributed by atoms with Gasteiger partial charge in [0.2, 0.25) is 0 Å². The number of fused-ring (bicyclic) bond motifs is 1. The third kappa shape index (κ3) is 2.20. The van der Waals surface area contributed by atoms with E-state index < -0.39 is 5.69 Å². The van der Waals surface area contributed by atoms with Gasteiger partial charge in [-0.2, -0.15) is 0 Å². The fourth-order valence-electron chi connectivity index (χ4n) is 1.80. The van der Waals surface area contributed by atoms with E-state index in [4.69, 9.17) is 11.6 Å². The van der Waals surface area contributed by atoms with Gasteiger partial charge in [0, 0.05) is 13.0 Å². The average Bonchev–Trinajstić information content (AvgIpc) is 2.66. The summed E-state index contributed by atoms with van der Waals surface area (Å²) in [5, 5.41) is 0.356. The van der Waals surface area contributed by atoms with Crippen LogP contribution in [0.25, 0.3) is 0 Å². The summed E-state index contributed by atoms with van der Waals surface area (Å²) in [5.74, 6) is 0.765. The highest BCUT2D eigenvalue weighted by molar-refractivity contribution is 6.66. The van der Waals surface area contributed by atoms with Gasteiger partial charge in [0.15, 0.2) is 0 Å². The van der Waals surface area contributed by atoms with E-state index in [-0.39, 0.29) is 5.56 Å². The Morgan fingerprint density at radius 3 is 2.88 bits per heavy atom. The maximum Gasteiger partial charge on any atom is 0.329 e. The average molecular weight is 256 g/mol. The van der Waals surface area contributed by atoms with Crippen molar-refractivity contribution in [3.8, 4) is 0 Å². The molecule has 0 saturated carbocycles. The summed E-state index contributed by atoms with van der Waals surface area (Å²) >= 11 is 5.83. The van der Waals surface area contributed by atoms with Crippen molar-refractivity contribution in [1.82, 2.24) is 9.55 Å². The first kappa shape index (κ1) is 12.1. The van der Waals surface area contributed by atoms with Gasteiger partial charge < -0.3 is 0 Å². The molecule has 1 aliphatic heterocycles. The molecule has 0 aliphatic carbocycles. The van der Waals surface area contributed by atoms with Crippen molar-refractivity contribution in [3.05, 3.63) is 26.4 Å². The maximum absolute atomic E-state index is 11.8. The van der Waals surface area contributed by atoms with Crippen molar-refractivity contribution < 1.29 is 0 Å². The van der Waals surface area contributed by atoms with Crippen LogP contribution in [0.4, 0.5) is 5.82 Å². The van der Waals surface area contributed by atoms with Crippen LogP contribution in [-0.4, -0.2) is 14.7 Å². The Labute approximate surface area is 103 Å². The number of aliphatic imine (C=N–C) groups is 1. The van der Waals surface area contributed by atoms with Crippen LogP contribution in [0.1, 0.15) is 25.8 Å². The van der Waals surface area contributed by atoms with Crippen LogP contribution in [0.2, 0.25) is 0 Å². The molecule has 1 aromatic rings. The van der Waals surface area contributed by atoms with Gasteiger partial charge in [0.25, 0.3) is 5.56 Å². The Balaban J connectivity index is 2.56. The molecule has 1 unspecified atom stereocenters. The van der Waals surface area contributed by atoms with Gasteiger partial charge in [-0.25, -0.2) is 9.79 Å². The first-order valence-electron chi connectivity index (χ1n) is 5.62. The second-order valence-electron chi connectivity index (χ2n) is 4.35. The molecule has 92 valence electrons. The lowest BCUT2D eigenvalue weighted by Crippen LogP contribution is -2.32. The van der Waals surface area contributed by atoms with Gasteiger partial charge >= 0.3 is 5.69 Å². The summed E-state index contributed by atoms with van der Waals surface area (Å²) in [6.45, 7) is 4.64. The zero-order valence-electron chi connectivity index (χ0n) is 9.79. The van der Waals surface area contributed by atoms with Gasteiger partial charge in [-0.05, 0) is 5.92 Å². The Morgan fingerprint density at radius 1 is 1.53 bits per heavy atom. The molecule has 0 spiro atoms. The summed E-state index contributed by atoms with van der Waals surface area (Å²) in [6.07, 6.45) is 1.27. The molecule has 1 N–H and O–H groups in total. The van der Waals surface area contributed by atoms with E-state index in [1.54, 1.807) is 0 Å². The van der Waals surface area contributed by atoms with E-state index in [1.165, 1.54) is 4.57 Å². The second-order valence-corrected chi connectivity index (χ2v) is 4.79. The number of nitrogens with zero attached hydrogens (tertiary/aromatic N) is 2. The molecular formula is C11H14ClN3O2. The van der Waals surface area contributed by atoms with Gasteiger partial charge in [-0.3, -0.25) is 14.3 Å². The third-order valence-electron chi connectivity index (χ3n) is 3.01. The number of aromatic nitrogens is 2. The van der Waals surface area contributed by atoms with Crippen LogP contribution < -0.4 is 11.2 Å². The molecular weight excluding hydrogens is 242 g/mol. The van der Waals surface area contributed by atoms with Gasteiger partial charge in [-0.15, -0.1) is 0 Å². The van der Waals surface area contributed by atoms with E-state index >= 15 is 0 Å². The number of H-pyrrole nitrogens is 1. The molecule has 2 heterocycles.